The third kappa shape index (κ3) is 4.29. The molecule has 1 amide bonds. The lowest BCUT2D eigenvalue weighted by atomic mass is 10.1. The molecular formula is C12H17N3O4. The highest BCUT2D eigenvalue weighted by Gasteiger charge is 2.21. The molecule has 0 bridgehead atoms. The van der Waals surface area contributed by atoms with Gasteiger partial charge in [-0.05, 0) is 13.8 Å². The van der Waals surface area contributed by atoms with Crippen LogP contribution in [0.3, 0.4) is 0 Å². The summed E-state index contributed by atoms with van der Waals surface area (Å²) in [6, 6.07) is -0.992. The molecule has 1 aromatic rings. The largest absolute Gasteiger partial charge is 0.480 e. The first kappa shape index (κ1) is 15.0. The summed E-state index contributed by atoms with van der Waals surface area (Å²) in [5.74, 6) is -1.04. The number of methoxy groups -OCH3 is 1. The van der Waals surface area contributed by atoms with Gasteiger partial charge >= 0.3 is 5.97 Å². The van der Waals surface area contributed by atoms with Crippen LogP contribution in [-0.2, 0) is 9.53 Å². The predicted molar refractivity (Wildman–Crippen MR) is 66.9 cm³/mol. The minimum Gasteiger partial charge on any atom is -0.480 e. The summed E-state index contributed by atoms with van der Waals surface area (Å²) in [6.07, 6.45) is 1.59. The van der Waals surface area contributed by atoms with E-state index in [0.717, 1.165) is 0 Å². The number of nitrogens with zero attached hydrogens (tertiary/aromatic N) is 2. The number of amides is 1. The number of nitrogens with one attached hydrogen (secondary N) is 1. The zero-order valence-corrected chi connectivity index (χ0v) is 11.1. The molecule has 0 spiro atoms. The van der Waals surface area contributed by atoms with Gasteiger partial charge in [-0.3, -0.25) is 4.79 Å². The van der Waals surface area contributed by atoms with Crippen LogP contribution in [0, 0.1) is 13.8 Å². The normalized spacial score (nSPS) is 11.9. The van der Waals surface area contributed by atoms with Crippen LogP contribution >= 0.6 is 0 Å². The van der Waals surface area contributed by atoms with E-state index in [9.17, 15) is 9.59 Å². The Bertz CT molecular complexity index is 476. The van der Waals surface area contributed by atoms with Gasteiger partial charge in [-0.2, -0.15) is 0 Å². The molecule has 0 saturated carbocycles. The molecule has 1 rings (SSSR count). The van der Waals surface area contributed by atoms with Crippen molar-refractivity contribution >= 4 is 11.9 Å². The monoisotopic (exact) mass is 267 g/mol. The van der Waals surface area contributed by atoms with Gasteiger partial charge in [0.15, 0.2) is 0 Å². The summed E-state index contributed by atoms with van der Waals surface area (Å²) in [5.41, 5.74) is 0.787. The first-order chi connectivity index (χ1) is 8.95. The van der Waals surface area contributed by atoms with Crippen LogP contribution in [0.4, 0.5) is 0 Å². The van der Waals surface area contributed by atoms with Crippen molar-refractivity contribution in [3.8, 4) is 0 Å². The van der Waals surface area contributed by atoms with Crippen molar-refractivity contribution < 1.29 is 19.4 Å². The fourth-order valence-electron chi connectivity index (χ4n) is 1.54. The van der Waals surface area contributed by atoms with Crippen LogP contribution in [0.5, 0.6) is 0 Å². The Morgan fingerprint density at radius 2 is 2.16 bits per heavy atom. The second kappa shape index (κ2) is 6.79. The molecule has 0 fully saturated rings. The summed E-state index contributed by atoms with van der Waals surface area (Å²) >= 11 is 0. The molecule has 0 aliphatic rings. The molecule has 1 atom stereocenters. The number of aromatic nitrogens is 2. The zero-order valence-electron chi connectivity index (χ0n) is 11.1. The van der Waals surface area contributed by atoms with Crippen LogP contribution in [-0.4, -0.2) is 46.7 Å². The fourth-order valence-corrected chi connectivity index (χ4v) is 1.54. The van der Waals surface area contributed by atoms with E-state index in [1.807, 2.05) is 0 Å². The van der Waals surface area contributed by atoms with E-state index >= 15 is 0 Å². The summed E-state index contributed by atoms with van der Waals surface area (Å²) < 4.78 is 4.81. The third-order valence-electron chi connectivity index (χ3n) is 2.56. The predicted octanol–water partition coefficient (Wildman–Crippen LogP) is 0.313. The average molecular weight is 267 g/mol. The van der Waals surface area contributed by atoms with Gasteiger partial charge < -0.3 is 15.2 Å². The van der Waals surface area contributed by atoms with Crippen molar-refractivity contribution in [2.45, 2.75) is 26.3 Å². The van der Waals surface area contributed by atoms with Crippen LogP contribution in [0.1, 0.15) is 28.3 Å². The maximum Gasteiger partial charge on any atom is 0.326 e. The molecule has 1 heterocycles. The Labute approximate surface area is 111 Å². The zero-order chi connectivity index (χ0) is 14.4. The van der Waals surface area contributed by atoms with Gasteiger partial charge in [0, 0.05) is 26.3 Å². The van der Waals surface area contributed by atoms with Crippen LogP contribution in [0.2, 0.25) is 0 Å². The first-order valence-corrected chi connectivity index (χ1v) is 5.78. The molecule has 0 aliphatic heterocycles. The lowest BCUT2D eigenvalue weighted by Gasteiger charge is -2.14. The van der Waals surface area contributed by atoms with E-state index in [4.69, 9.17) is 9.84 Å². The average Bonchev–Trinajstić information content (AvgIpc) is 2.33. The van der Waals surface area contributed by atoms with Crippen molar-refractivity contribution in [1.29, 1.82) is 0 Å². The number of aryl methyl sites for hydroxylation is 2. The molecule has 0 aromatic carbocycles. The number of hydrogen-bond acceptors (Lipinski definition) is 5. The third-order valence-corrected chi connectivity index (χ3v) is 2.56. The molecule has 104 valence electrons. The molecule has 0 saturated heterocycles. The van der Waals surface area contributed by atoms with Crippen LogP contribution in [0.15, 0.2) is 6.20 Å². The van der Waals surface area contributed by atoms with Gasteiger partial charge in [-0.1, -0.05) is 0 Å². The van der Waals surface area contributed by atoms with E-state index in [-0.39, 0.29) is 18.6 Å². The maximum atomic E-state index is 12.0. The number of ether oxygens (including phenoxy) is 1. The smallest absolute Gasteiger partial charge is 0.326 e. The Morgan fingerprint density at radius 1 is 1.47 bits per heavy atom. The molecule has 1 aromatic heterocycles. The summed E-state index contributed by atoms with van der Waals surface area (Å²) in [6.45, 7) is 3.64. The molecular weight excluding hydrogens is 250 g/mol. The topological polar surface area (TPSA) is 101 Å². The molecule has 0 radical (unpaired) electrons. The van der Waals surface area contributed by atoms with Crippen molar-refractivity contribution in [1.82, 2.24) is 15.3 Å². The Morgan fingerprint density at radius 3 is 2.68 bits per heavy atom. The van der Waals surface area contributed by atoms with Crippen molar-refractivity contribution in [2.24, 2.45) is 0 Å². The first-order valence-electron chi connectivity index (χ1n) is 5.78. The Balaban J connectivity index is 2.78. The van der Waals surface area contributed by atoms with Gasteiger partial charge in [-0.15, -0.1) is 0 Å². The van der Waals surface area contributed by atoms with Crippen molar-refractivity contribution in [3.63, 3.8) is 0 Å². The van der Waals surface area contributed by atoms with E-state index in [1.165, 1.54) is 13.3 Å². The lowest BCUT2D eigenvalue weighted by molar-refractivity contribution is -0.139. The SMILES string of the molecule is COCCC(NC(=O)c1cnc(C)nc1C)C(=O)O. The molecule has 1 unspecified atom stereocenters. The van der Waals surface area contributed by atoms with Gasteiger partial charge in [0.05, 0.1) is 11.3 Å². The number of carboxylic acid groups (broad SMARTS) is 1. The van der Waals surface area contributed by atoms with Crippen LogP contribution < -0.4 is 5.32 Å². The molecule has 7 nitrogen and oxygen atoms in total. The number of rotatable bonds is 6. The molecule has 19 heavy (non-hydrogen) atoms. The lowest BCUT2D eigenvalue weighted by Crippen LogP contribution is -2.41. The molecule has 0 aliphatic carbocycles. The highest BCUT2D eigenvalue weighted by atomic mass is 16.5. The number of carboxylic acids is 1. The van der Waals surface area contributed by atoms with Crippen molar-refractivity contribution in [3.05, 3.63) is 23.3 Å². The summed E-state index contributed by atoms with van der Waals surface area (Å²) in [5, 5.41) is 11.4. The number of carbonyl (C=O) groups is 2. The van der Waals surface area contributed by atoms with Crippen molar-refractivity contribution in [2.75, 3.05) is 13.7 Å². The number of aliphatic carboxylic acids is 1. The van der Waals surface area contributed by atoms with E-state index in [1.54, 1.807) is 13.8 Å². The molecule has 2 N–H and O–H groups in total. The maximum absolute atomic E-state index is 12.0. The number of hydrogen-bond donors (Lipinski definition) is 2. The highest BCUT2D eigenvalue weighted by Crippen LogP contribution is 2.05. The second-order valence-corrected chi connectivity index (χ2v) is 4.06. The van der Waals surface area contributed by atoms with Gasteiger partial charge in [0.25, 0.3) is 5.91 Å². The second-order valence-electron chi connectivity index (χ2n) is 4.06. The highest BCUT2D eigenvalue weighted by molar-refractivity contribution is 5.97. The molecule has 7 heteroatoms. The summed E-state index contributed by atoms with van der Waals surface area (Å²) in [7, 11) is 1.47. The minimum atomic E-state index is -1.10. The summed E-state index contributed by atoms with van der Waals surface area (Å²) in [4.78, 5) is 31.0. The minimum absolute atomic E-state index is 0.198. The van der Waals surface area contributed by atoms with Gasteiger partial charge in [0.2, 0.25) is 0 Å². The quantitative estimate of drug-likeness (QED) is 0.769. The Kier molecular flexibility index (Phi) is 5.37. The Hall–Kier alpha value is -2.02. The van der Waals surface area contributed by atoms with E-state index in [0.29, 0.717) is 11.5 Å². The van der Waals surface area contributed by atoms with Gasteiger partial charge in [-0.25, -0.2) is 14.8 Å². The van der Waals surface area contributed by atoms with E-state index < -0.39 is 17.9 Å². The van der Waals surface area contributed by atoms with E-state index in [2.05, 4.69) is 15.3 Å². The number of carbonyl (C=O) groups excluding carboxylic acids is 1. The standard InChI is InChI=1S/C12H17N3O4/c1-7-9(6-13-8(2)14-7)11(16)15-10(12(17)18)4-5-19-3/h6,10H,4-5H2,1-3H3,(H,15,16)(H,17,18). The van der Waals surface area contributed by atoms with Crippen LogP contribution in [0.25, 0.3) is 0 Å². The van der Waals surface area contributed by atoms with Gasteiger partial charge in [0.1, 0.15) is 11.9 Å². The fraction of sp³-hybridized carbons (Fsp3) is 0.500.